The molecule has 2 saturated heterocycles. The molecule has 5 rings (SSSR count). The molecule has 4 amide bonds. The van der Waals surface area contributed by atoms with Crippen LogP contribution in [0, 0.1) is 17.8 Å². The summed E-state index contributed by atoms with van der Waals surface area (Å²) in [4.78, 5) is 53.4. The molecule has 1 aliphatic carbocycles. The first-order chi connectivity index (χ1) is 14.5. The van der Waals surface area contributed by atoms with Gasteiger partial charge in [0.05, 0.1) is 11.1 Å². The summed E-state index contributed by atoms with van der Waals surface area (Å²) < 4.78 is 0. The molecule has 3 N–H and O–H groups in total. The molecule has 2 bridgehead atoms. The van der Waals surface area contributed by atoms with Gasteiger partial charge in [-0.15, -0.1) is 0 Å². The van der Waals surface area contributed by atoms with Crippen LogP contribution in [0.1, 0.15) is 52.0 Å². The number of hydrogen-bond acceptors (Lipinski definition) is 6. The molecular formula is C22H26N4O4. The highest BCUT2D eigenvalue weighted by Gasteiger charge is 2.46. The Kier molecular flexibility index (Phi) is 4.71. The summed E-state index contributed by atoms with van der Waals surface area (Å²) in [6.07, 6.45) is 2.70. The maximum Gasteiger partial charge on any atom is 0.262 e. The third kappa shape index (κ3) is 2.97. The third-order valence-electron chi connectivity index (χ3n) is 7.33. The van der Waals surface area contributed by atoms with E-state index in [9.17, 15) is 19.2 Å². The Bertz CT molecular complexity index is 931. The number of imide groups is 2. The van der Waals surface area contributed by atoms with Crippen molar-refractivity contribution in [2.75, 3.05) is 19.6 Å². The van der Waals surface area contributed by atoms with Crippen LogP contribution in [-0.2, 0) is 16.1 Å². The van der Waals surface area contributed by atoms with Crippen molar-refractivity contribution in [1.82, 2.24) is 15.1 Å². The Labute approximate surface area is 174 Å². The molecule has 3 unspecified atom stereocenters. The molecule has 3 fully saturated rings. The second-order valence-electron chi connectivity index (χ2n) is 8.98. The van der Waals surface area contributed by atoms with Gasteiger partial charge < -0.3 is 5.73 Å². The number of benzene rings is 1. The van der Waals surface area contributed by atoms with E-state index < -0.39 is 23.8 Å². The number of hydrogen-bond donors (Lipinski definition) is 2. The molecule has 30 heavy (non-hydrogen) atoms. The van der Waals surface area contributed by atoms with Crippen LogP contribution < -0.4 is 11.1 Å². The number of nitrogens with two attached hydrogens (primary N) is 1. The summed E-state index contributed by atoms with van der Waals surface area (Å²) in [6, 6.07) is 4.41. The van der Waals surface area contributed by atoms with Gasteiger partial charge in [-0.3, -0.25) is 34.3 Å². The van der Waals surface area contributed by atoms with E-state index in [4.69, 9.17) is 5.73 Å². The van der Waals surface area contributed by atoms with Crippen molar-refractivity contribution in [3.8, 4) is 0 Å². The van der Waals surface area contributed by atoms with Crippen molar-refractivity contribution in [3.63, 3.8) is 0 Å². The molecule has 0 radical (unpaired) electrons. The fraction of sp³-hybridized carbons (Fsp3) is 0.545. The van der Waals surface area contributed by atoms with Crippen molar-refractivity contribution in [3.05, 3.63) is 34.9 Å². The second kappa shape index (κ2) is 7.28. The summed E-state index contributed by atoms with van der Waals surface area (Å²) >= 11 is 0. The smallest absolute Gasteiger partial charge is 0.262 e. The number of fused-ring (bicyclic) bond motifs is 3. The molecule has 1 saturated carbocycles. The summed E-state index contributed by atoms with van der Waals surface area (Å²) in [5.41, 5.74) is 7.55. The van der Waals surface area contributed by atoms with Crippen LogP contribution in [0.4, 0.5) is 0 Å². The zero-order chi connectivity index (χ0) is 21.0. The van der Waals surface area contributed by atoms with Gasteiger partial charge in [0.15, 0.2) is 0 Å². The van der Waals surface area contributed by atoms with Crippen molar-refractivity contribution < 1.29 is 19.2 Å². The minimum Gasteiger partial charge on any atom is -0.330 e. The Morgan fingerprint density at radius 2 is 1.73 bits per heavy atom. The van der Waals surface area contributed by atoms with Gasteiger partial charge in [-0.25, -0.2) is 0 Å². The summed E-state index contributed by atoms with van der Waals surface area (Å²) in [5, 5.41) is 2.24. The van der Waals surface area contributed by atoms with E-state index in [2.05, 4.69) is 10.2 Å². The molecule has 158 valence electrons. The monoisotopic (exact) mass is 410 g/mol. The lowest BCUT2D eigenvalue weighted by Gasteiger charge is -2.37. The van der Waals surface area contributed by atoms with E-state index in [1.54, 1.807) is 12.1 Å². The van der Waals surface area contributed by atoms with Gasteiger partial charge in [0.2, 0.25) is 11.8 Å². The summed E-state index contributed by atoms with van der Waals surface area (Å²) in [7, 11) is 0. The molecule has 3 atom stereocenters. The maximum atomic E-state index is 13.2. The topological polar surface area (TPSA) is 113 Å². The van der Waals surface area contributed by atoms with Gasteiger partial charge in [-0.2, -0.15) is 0 Å². The van der Waals surface area contributed by atoms with Crippen LogP contribution in [0.25, 0.3) is 0 Å². The molecule has 0 aromatic heterocycles. The number of piperidine rings is 2. The van der Waals surface area contributed by atoms with Crippen molar-refractivity contribution in [2.45, 2.75) is 38.3 Å². The van der Waals surface area contributed by atoms with Crippen LogP contribution in [0.5, 0.6) is 0 Å². The maximum absolute atomic E-state index is 13.2. The van der Waals surface area contributed by atoms with Crippen LogP contribution in [0.2, 0.25) is 0 Å². The Morgan fingerprint density at radius 1 is 1.00 bits per heavy atom. The highest BCUT2D eigenvalue weighted by Crippen LogP contribution is 2.42. The Hall–Kier alpha value is -2.58. The van der Waals surface area contributed by atoms with Gasteiger partial charge in [0, 0.05) is 26.1 Å². The van der Waals surface area contributed by atoms with Gasteiger partial charge in [0.1, 0.15) is 6.04 Å². The Morgan fingerprint density at radius 3 is 2.40 bits per heavy atom. The van der Waals surface area contributed by atoms with Gasteiger partial charge in [-0.05, 0) is 55.2 Å². The minimum absolute atomic E-state index is 0.121. The standard InChI is InChI=1S/C22H26N4O4/c23-8-16-12-4-5-13(16)10-25(9-12)11-14-2-1-3-15-19(14)22(30)26(21(15)29)17-6-7-18(27)24-20(17)28/h1-3,12-13,16-17H,4-11,23H2,(H,24,27,28). The lowest BCUT2D eigenvalue weighted by atomic mass is 9.85. The normalized spacial score (nSPS) is 31.3. The van der Waals surface area contributed by atoms with E-state index in [1.807, 2.05) is 6.07 Å². The number of nitrogens with zero attached hydrogens (tertiary/aromatic N) is 2. The average Bonchev–Trinajstić information content (AvgIpc) is 3.12. The van der Waals surface area contributed by atoms with Crippen LogP contribution in [-0.4, -0.2) is 59.1 Å². The van der Waals surface area contributed by atoms with Crippen molar-refractivity contribution >= 4 is 23.6 Å². The fourth-order valence-electron chi connectivity index (χ4n) is 5.90. The first-order valence-electron chi connectivity index (χ1n) is 10.7. The number of rotatable bonds is 4. The molecule has 1 aromatic rings. The molecule has 0 spiro atoms. The van der Waals surface area contributed by atoms with Crippen molar-refractivity contribution in [2.24, 2.45) is 23.5 Å². The SMILES string of the molecule is NCC1C2CCC1CN(Cc1cccc3c1C(=O)N(C1CCC(=O)NC1=O)C3=O)C2. The van der Waals surface area contributed by atoms with Crippen LogP contribution in [0.15, 0.2) is 18.2 Å². The number of likely N-dealkylation sites (tertiary alicyclic amines) is 1. The van der Waals surface area contributed by atoms with Gasteiger partial charge in [0.25, 0.3) is 11.8 Å². The molecule has 3 aliphatic heterocycles. The van der Waals surface area contributed by atoms with Crippen molar-refractivity contribution in [1.29, 1.82) is 0 Å². The predicted molar refractivity (Wildman–Crippen MR) is 107 cm³/mol. The van der Waals surface area contributed by atoms with Crippen LogP contribution >= 0.6 is 0 Å². The number of carbonyl (C=O) groups is 4. The second-order valence-corrected chi connectivity index (χ2v) is 8.98. The third-order valence-corrected chi connectivity index (χ3v) is 7.33. The van der Waals surface area contributed by atoms with E-state index in [1.165, 1.54) is 12.8 Å². The molecule has 3 heterocycles. The van der Waals surface area contributed by atoms with E-state index in [0.29, 0.717) is 35.4 Å². The van der Waals surface area contributed by atoms with Gasteiger partial charge in [-0.1, -0.05) is 12.1 Å². The van der Waals surface area contributed by atoms with E-state index in [0.717, 1.165) is 30.1 Å². The molecule has 8 nitrogen and oxygen atoms in total. The molecule has 8 heteroatoms. The quantitative estimate of drug-likeness (QED) is 0.699. The lowest BCUT2D eigenvalue weighted by molar-refractivity contribution is -0.136. The molecule has 4 aliphatic rings. The van der Waals surface area contributed by atoms with E-state index in [-0.39, 0.29) is 18.7 Å². The lowest BCUT2D eigenvalue weighted by Crippen LogP contribution is -2.54. The summed E-state index contributed by atoms with van der Waals surface area (Å²) in [5.74, 6) is -0.0421. The Balaban J connectivity index is 1.39. The minimum atomic E-state index is -0.931. The summed E-state index contributed by atoms with van der Waals surface area (Å²) in [6.45, 7) is 3.26. The molecular weight excluding hydrogens is 384 g/mol. The number of carbonyl (C=O) groups excluding carboxylic acids is 4. The zero-order valence-electron chi connectivity index (χ0n) is 16.8. The van der Waals surface area contributed by atoms with E-state index >= 15 is 0 Å². The average molecular weight is 410 g/mol. The highest BCUT2D eigenvalue weighted by molar-refractivity contribution is 6.24. The highest BCUT2D eigenvalue weighted by atomic mass is 16.2. The number of amides is 4. The van der Waals surface area contributed by atoms with Gasteiger partial charge >= 0.3 is 0 Å². The first kappa shape index (κ1) is 19.4. The molecule has 1 aromatic carbocycles. The largest absolute Gasteiger partial charge is 0.330 e. The first-order valence-corrected chi connectivity index (χ1v) is 10.7. The number of nitrogens with one attached hydrogen (secondary N) is 1. The predicted octanol–water partition coefficient (Wildman–Crippen LogP) is 0.505. The fourth-order valence-corrected chi connectivity index (χ4v) is 5.90. The zero-order valence-corrected chi connectivity index (χ0v) is 16.8. The van der Waals surface area contributed by atoms with Crippen LogP contribution in [0.3, 0.4) is 0 Å².